The molecule has 3 nitrogen and oxygen atoms in total. The van der Waals surface area contributed by atoms with Crippen LogP contribution in [0.15, 0.2) is 22.7 Å². The fourth-order valence-corrected chi connectivity index (χ4v) is 2.43. The summed E-state index contributed by atoms with van der Waals surface area (Å²) >= 11 is 3.43. The summed E-state index contributed by atoms with van der Waals surface area (Å²) in [5.74, 6) is 0.883. The molecule has 2 rings (SSSR count). The van der Waals surface area contributed by atoms with Crippen LogP contribution in [0.5, 0.6) is 5.75 Å². The summed E-state index contributed by atoms with van der Waals surface area (Å²) in [6.45, 7) is 2.09. The van der Waals surface area contributed by atoms with Gasteiger partial charge in [-0.1, -0.05) is 15.9 Å². The van der Waals surface area contributed by atoms with Crippen molar-refractivity contribution in [3.63, 3.8) is 0 Å². The van der Waals surface area contributed by atoms with Gasteiger partial charge in [-0.15, -0.1) is 0 Å². The SMILES string of the molecule is NCc1cc(Br)ccc1OCCC1CCCO1. The van der Waals surface area contributed by atoms with Gasteiger partial charge in [0.1, 0.15) is 5.75 Å². The van der Waals surface area contributed by atoms with Crippen LogP contribution in [-0.2, 0) is 11.3 Å². The van der Waals surface area contributed by atoms with E-state index in [0.717, 1.165) is 35.2 Å². The number of halogens is 1. The molecule has 1 atom stereocenters. The Labute approximate surface area is 110 Å². The van der Waals surface area contributed by atoms with Crippen LogP contribution in [0, 0.1) is 0 Å². The number of nitrogens with two attached hydrogens (primary N) is 1. The Balaban J connectivity index is 1.85. The van der Waals surface area contributed by atoms with E-state index in [1.165, 1.54) is 6.42 Å². The van der Waals surface area contributed by atoms with E-state index in [-0.39, 0.29) is 0 Å². The topological polar surface area (TPSA) is 44.5 Å². The number of rotatable bonds is 5. The third-order valence-corrected chi connectivity index (χ3v) is 3.46. The lowest BCUT2D eigenvalue weighted by Crippen LogP contribution is -2.11. The standard InChI is InChI=1S/C13H18BrNO2/c14-11-3-4-13(10(8-11)9-15)17-7-5-12-2-1-6-16-12/h3-4,8,12H,1-2,5-7,9,15H2. The smallest absolute Gasteiger partial charge is 0.123 e. The van der Waals surface area contributed by atoms with E-state index >= 15 is 0 Å². The molecule has 1 saturated heterocycles. The quantitative estimate of drug-likeness (QED) is 0.909. The van der Waals surface area contributed by atoms with Gasteiger partial charge >= 0.3 is 0 Å². The monoisotopic (exact) mass is 299 g/mol. The third kappa shape index (κ3) is 3.69. The largest absolute Gasteiger partial charge is 0.493 e. The lowest BCUT2D eigenvalue weighted by molar-refractivity contribution is 0.0902. The molecule has 0 amide bonds. The van der Waals surface area contributed by atoms with Crippen LogP contribution < -0.4 is 10.5 Å². The summed E-state index contributed by atoms with van der Waals surface area (Å²) in [4.78, 5) is 0. The van der Waals surface area contributed by atoms with Crippen LogP contribution in [0.25, 0.3) is 0 Å². The van der Waals surface area contributed by atoms with Gasteiger partial charge < -0.3 is 15.2 Å². The molecule has 1 fully saturated rings. The molecule has 1 heterocycles. The van der Waals surface area contributed by atoms with Crippen molar-refractivity contribution in [2.45, 2.75) is 31.9 Å². The molecule has 1 aliphatic heterocycles. The first kappa shape index (κ1) is 12.9. The molecular weight excluding hydrogens is 282 g/mol. The van der Waals surface area contributed by atoms with Crippen LogP contribution in [0.1, 0.15) is 24.8 Å². The normalized spacial score (nSPS) is 19.5. The Kier molecular flexibility index (Phi) is 4.83. The minimum atomic E-state index is 0.381. The van der Waals surface area contributed by atoms with Crippen molar-refractivity contribution in [2.75, 3.05) is 13.2 Å². The second kappa shape index (κ2) is 6.38. The maximum atomic E-state index is 5.76. The molecule has 0 bridgehead atoms. The Hall–Kier alpha value is -0.580. The molecule has 1 aromatic rings. The van der Waals surface area contributed by atoms with Crippen molar-refractivity contribution < 1.29 is 9.47 Å². The highest BCUT2D eigenvalue weighted by Crippen LogP contribution is 2.23. The molecule has 2 N–H and O–H groups in total. The molecule has 0 radical (unpaired) electrons. The first-order valence-electron chi connectivity index (χ1n) is 6.02. The van der Waals surface area contributed by atoms with Crippen LogP contribution >= 0.6 is 15.9 Å². The lowest BCUT2D eigenvalue weighted by atomic mass is 10.2. The lowest BCUT2D eigenvalue weighted by Gasteiger charge is -2.13. The van der Waals surface area contributed by atoms with Crippen molar-refractivity contribution in [3.05, 3.63) is 28.2 Å². The van der Waals surface area contributed by atoms with Crippen molar-refractivity contribution in [1.82, 2.24) is 0 Å². The third-order valence-electron chi connectivity index (χ3n) is 2.96. The average Bonchev–Trinajstić information content (AvgIpc) is 2.84. The van der Waals surface area contributed by atoms with E-state index in [1.807, 2.05) is 18.2 Å². The Morgan fingerprint density at radius 2 is 2.35 bits per heavy atom. The molecule has 4 heteroatoms. The molecule has 1 unspecified atom stereocenters. The fourth-order valence-electron chi connectivity index (χ4n) is 2.02. The van der Waals surface area contributed by atoms with Crippen LogP contribution in [-0.4, -0.2) is 19.3 Å². The van der Waals surface area contributed by atoms with Crippen molar-refractivity contribution >= 4 is 15.9 Å². The minimum absolute atomic E-state index is 0.381. The number of hydrogen-bond donors (Lipinski definition) is 1. The zero-order valence-corrected chi connectivity index (χ0v) is 11.4. The van der Waals surface area contributed by atoms with Gasteiger partial charge in [-0.05, 0) is 31.0 Å². The highest BCUT2D eigenvalue weighted by molar-refractivity contribution is 9.10. The summed E-state index contributed by atoms with van der Waals surface area (Å²) in [6.07, 6.45) is 3.68. The van der Waals surface area contributed by atoms with Crippen molar-refractivity contribution in [2.24, 2.45) is 5.73 Å². The predicted octanol–water partition coefficient (Wildman–Crippen LogP) is 2.86. The molecule has 1 aliphatic rings. The molecule has 0 saturated carbocycles. The van der Waals surface area contributed by atoms with Gasteiger partial charge in [0.2, 0.25) is 0 Å². The van der Waals surface area contributed by atoms with Gasteiger partial charge in [0, 0.05) is 29.6 Å². The number of benzene rings is 1. The molecule has 1 aromatic carbocycles. The van der Waals surface area contributed by atoms with Crippen LogP contribution in [0.3, 0.4) is 0 Å². The Morgan fingerprint density at radius 3 is 3.06 bits per heavy atom. The van der Waals surface area contributed by atoms with E-state index in [0.29, 0.717) is 19.3 Å². The maximum Gasteiger partial charge on any atom is 0.123 e. The van der Waals surface area contributed by atoms with Crippen molar-refractivity contribution in [3.8, 4) is 5.75 Å². The zero-order valence-electron chi connectivity index (χ0n) is 9.82. The summed E-state index contributed by atoms with van der Waals surface area (Å²) in [5.41, 5.74) is 6.72. The van der Waals surface area contributed by atoms with Crippen molar-refractivity contribution in [1.29, 1.82) is 0 Å². The second-order valence-corrected chi connectivity index (χ2v) is 5.14. The summed E-state index contributed by atoms with van der Waals surface area (Å²) in [7, 11) is 0. The van der Waals surface area contributed by atoms with Gasteiger partial charge in [0.15, 0.2) is 0 Å². The number of hydrogen-bond acceptors (Lipinski definition) is 3. The summed E-state index contributed by atoms with van der Waals surface area (Å²) in [5, 5.41) is 0. The predicted molar refractivity (Wildman–Crippen MR) is 71.1 cm³/mol. The van der Waals surface area contributed by atoms with Crippen LogP contribution in [0.4, 0.5) is 0 Å². The van der Waals surface area contributed by atoms with Gasteiger partial charge in [0.05, 0.1) is 12.7 Å². The van der Waals surface area contributed by atoms with Crippen LogP contribution in [0.2, 0.25) is 0 Å². The van der Waals surface area contributed by atoms with E-state index < -0.39 is 0 Å². The highest BCUT2D eigenvalue weighted by Gasteiger charge is 2.15. The molecule has 0 spiro atoms. The van der Waals surface area contributed by atoms with Gasteiger partial charge in [0.25, 0.3) is 0 Å². The van der Waals surface area contributed by atoms with E-state index in [2.05, 4.69) is 15.9 Å². The van der Waals surface area contributed by atoms with Gasteiger partial charge in [-0.3, -0.25) is 0 Å². The fraction of sp³-hybridized carbons (Fsp3) is 0.538. The first-order valence-corrected chi connectivity index (χ1v) is 6.82. The minimum Gasteiger partial charge on any atom is -0.493 e. The summed E-state index contributed by atoms with van der Waals surface area (Å²) in [6, 6.07) is 5.93. The molecule has 17 heavy (non-hydrogen) atoms. The molecule has 0 aromatic heterocycles. The molecular formula is C13H18BrNO2. The maximum absolute atomic E-state index is 5.76. The average molecular weight is 300 g/mol. The zero-order chi connectivity index (χ0) is 12.1. The first-order chi connectivity index (χ1) is 8.29. The van der Waals surface area contributed by atoms with E-state index in [4.69, 9.17) is 15.2 Å². The molecule has 94 valence electrons. The van der Waals surface area contributed by atoms with E-state index in [1.54, 1.807) is 0 Å². The Morgan fingerprint density at radius 1 is 1.47 bits per heavy atom. The van der Waals surface area contributed by atoms with E-state index in [9.17, 15) is 0 Å². The summed E-state index contributed by atoms with van der Waals surface area (Å²) < 4.78 is 12.4. The highest BCUT2D eigenvalue weighted by atomic mass is 79.9. The second-order valence-electron chi connectivity index (χ2n) is 4.23. The van der Waals surface area contributed by atoms with Gasteiger partial charge in [-0.25, -0.2) is 0 Å². The van der Waals surface area contributed by atoms with Gasteiger partial charge in [-0.2, -0.15) is 0 Å². The number of ether oxygens (including phenoxy) is 2. The molecule has 0 aliphatic carbocycles. The Bertz CT molecular complexity index is 364.